The maximum atomic E-state index is 14.4. The molecular weight excluding hydrogens is 364 g/mol. The summed E-state index contributed by atoms with van der Waals surface area (Å²) in [5, 5.41) is 2.70. The fraction of sp³-hybridized carbons (Fsp3) is 0.350. The number of likely N-dealkylation sites (tertiary alicyclic amines) is 1. The van der Waals surface area contributed by atoms with E-state index in [9.17, 15) is 13.6 Å². The molecule has 2 aromatic heterocycles. The number of carbonyl (C=O) groups excluding carboxylic acids is 1. The van der Waals surface area contributed by atoms with E-state index in [2.05, 4.69) is 29.1 Å². The van der Waals surface area contributed by atoms with Gasteiger partial charge in [-0.25, -0.2) is 23.5 Å². The van der Waals surface area contributed by atoms with Crippen LogP contribution in [0.4, 0.5) is 19.3 Å². The number of alkyl halides is 1. The molecule has 0 spiro atoms. The molecule has 8 heteroatoms. The summed E-state index contributed by atoms with van der Waals surface area (Å²) >= 11 is 0. The van der Waals surface area contributed by atoms with Gasteiger partial charge in [0.25, 0.3) is 0 Å². The molecule has 28 heavy (non-hydrogen) atoms. The van der Waals surface area contributed by atoms with Gasteiger partial charge in [-0.05, 0) is 36.1 Å². The van der Waals surface area contributed by atoms with Crippen molar-refractivity contribution in [3.8, 4) is 11.3 Å². The highest BCUT2D eigenvalue weighted by molar-refractivity contribution is 5.90. The van der Waals surface area contributed by atoms with Crippen LogP contribution in [-0.2, 0) is 0 Å². The van der Waals surface area contributed by atoms with Gasteiger partial charge in [0.15, 0.2) is 0 Å². The van der Waals surface area contributed by atoms with Crippen molar-refractivity contribution in [3.05, 3.63) is 48.2 Å². The number of nitrogens with one attached hydrogen (secondary N) is 1. The second kappa shape index (κ2) is 7.18. The minimum atomic E-state index is -0.990. The fourth-order valence-electron chi connectivity index (χ4n) is 3.23. The second-order valence-electron chi connectivity index (χ2n) is 7.33. The van der Waals surface area contributed by atoms with Crippen LogP contribution in [0.25, 0.3) is 17.0 Å². The zero-order valence-electron chi connectivity index (χ0n) is 15.7. The molecule has 1 saturated heterocycles. The summed E-state index contributed by atoms with van der Waals surface area (Å²) < 4.78 is 29.5. The number of imidazole rings is 1. The first-order valence-electron chi connectivity index (χ1n) is 9.25. The quantitative estimate of drug-likeness (QED) is 0.734. The van der Waals surface area contributed by atoms with Gasteiger partial charge in [-0.2, -0.15) is 0 Å². The minimum Gasteiger partial charge on any atom is -0.322 e. The monoisotopic (exact) mass is 385 g/mol. The predicted molar refractivity (Wildman–Crippen MR) is 103 cm³/mol. The molecule has 0 aliphatic carbocycles. The summed E-state index contributed by atoms with van der Waals surface area (Å²) in [5.74, 6) is 0.335. The van der Waals surface area contributed by atoms with E-state index in [4.69, 9.17) is 0 Å². The predicted octanol–water partition coefficient (Wildman–Crippen LogP) is 4.23. The van der Waals surface area contributed by atoms with Crippen molar-refractivity contribution in [1.82, 2.24) is 19.3 Å². The molecule has 1 N–H and O–H groups in total. The van der Waals surface area contributed by atoms with Gasteiger partial charge in [-0.15, -0.1) is 0 Å². The van der Waals surface area contributed by atoms with Crippen molar-refractivity contribution in [1.29, 1.82) is 0 Å². The standard InChI is InChI=1S/C20H21F2N5O/c1-12(2)13-8-23-19-25-18(11-27(19)9-13)16-7-15(3-4-17(16)22)24-20(28)26-6-5-14(21)10-26/h3-4,7-9,11-12,14H,5-6,10H2,1-2H3,(H,24,28)/t14-/m1/s1. The van der Waals surface area contributed by atoms with E-state index in [1.807, 2.05) is 6.20 Å². The highest BCUT2D eigenvalue weighted by Gasteiger charge is 2.26. The third-order valence-electron chi connectivity index (χ3n) is 4.91. The molecule has 0 bridgehead atoms. The highest BCUT2D eigenvalue weighted by atomic mass is 19.1. The van der Waals surface area contributed by atoms with Crippen LogP contribution in [0, 0.1) is 5.82 Å². The highest BCUT2D eigenvalue weighted by Crippen LogP contribution is 2.26. The molecule has 6 nitrogen and oxygen atoms in total. The number of rotatable bonds is 3. The van der Waals surface area contributed by atoms with Crippen LogP contribution in [-0.4, -0.2) is 44.6 Å². The molecule has 1 aliphatic heterocycles. The van der Waals surface area contributed by atoms with E-state index in [0.29, 0.717) is 36.0 Å². The molecule has 1 aromatic carbocycles. The number of urea groups is 1. The number of amides is 2. The lowest BCUT2D eigenvalue weighted by molar-refractivity contribution is 0.218. The van der Waals surface area contributed by atoms with Gasteiger partial charge in [0.2, 0.25) is 5.78 Å². The average Bonchev–Trinajstić information content (AvgIpc) is 3.28. The molecule has 1 atom stereocenters. The second-order valence-corrected chi connectivity index (χ2v) is 7.33. The number of hydrogen-bond acceptors (Lipinski definition) is 3. The Hall–Kier alpha value is -3.03. The van der Waals surface area contributed by atoms with Crippen LogP contribution in [0.15, 0.2) is 36.8 Å². The molecule has 3 heterocycles. The van der Waals surface area contributed by atoms with Crippen molar-refractivity contribution in [3.63, 3.8) is 0 Å². The van der Waals surface area contributed by atoms with Crippen molar-refractivity contribution in [2.45, 2.75) is 32.4 Å². The summed E-state index contributed by atoms with van der Waals surface area (Å²) in [6.07, 6.45) is 4.75. The molecule has 4 rings (SSSR count). The van der Waals surface area contributed by atoms with Gasteiger partial charge in [0, 0.05) is 36.4 Å². The van der Waals surface area contributed by atoms with E-state index >= 15 is 0 Å². The summed E-state index contributed by atoms with van der Waals surface area (Å²) in [4.78, 5) is 22.4. The van der Waals surface area contributed by atoms with Crippen molar-refractivity contribution in [2.75, 3.05) is 18.4 Å². The van der Waals surface area contributed by atoms with Crippen LogP contribution < -0.4 is 5.32 Å². The summed E-state index contributed by atoms with van der Waals surface area (Å²) in [7, 11) is 0. The normalized spacial score (nSPS) is 16.9. The smallest absolute Gasteiger partial charge is 0.321 e. The van der Waals surface area contributed by atoms with Crippen LogP contribution >= 0.6 is 0 Å². The Morgan fingerprint density at radius 2 is 2.14 bits per heavy atom. The Bertz CT molecular complexity index is 1030. The number of anilines is 1. The Balaban J connectivity index is 1.62. The third-order valence-corrected chi connectivity index (χ3v) is 4.91. The minimum absolute atomic E-state index is 0.0795. The maximum Gasteiger partial charge on any atom is 0.321 e. The molecule has 0 radical (unpaired) electrons. The number of fused-ring (bicyclic) bond motifs is 1. The lowest BCUT2D eigenvalue weighted by Crippen LogP contribution is -2.33. The lowest BCUT2D eigenvalue weighted by atomic mass is 10.1. The molecular formula is C20H21F2N5O. The topological polar surface area (TPSA) is 62.5 Å². The van der Waals surface area contributed by atoms with Crippen LogP contribution in [0.3, 0.4) is 0 Å². The number of benzene rings is 1. The van der Waals surface area contributed by atoms with E-state index < -0.39 is 18.0 Å². The van der Waals surface area contributed by atoms with Gasteiger partial charge >= 0.3 is 6.03 Å². The van der Waals surface area contributed by atoms with Crippen molar-refractivity contribution >= 4 is 17.5 Å². The summed E-state index contributed by atoms with van der Waals surface area (Å²) in [5.41, 5.74) is 2.16. The van der Waals surface area contributed by atoms with E-state index in [1.54, 1.807) is 16.8 Å². The SMILES string of the molecule is CC(C)c1cnc2nc(-c3cc(NC(=O)N4CC[C@@H](F)C4)ccc3F)cn2c1. The molecule has 2 amide bonds. The number of hydrogen-bond donors (Lipinski definition) is 1. The molecule has 1 aliphatic rings. The van der Waals surface area contributed by atoms with Crippen LogP contribution in [0.5, 0.6) is 0 Å². The number of halogens is 2. The van der Waals surface area contributed by atoms with E-state index in [1.165, 1.54) is 23.1 Å². The number of carbonyl (C=O) groups is 1. The molecule has 0 unspecified atom stereocenters. The van der Waals surface area contributed by atoms with Crippen molar-refractivity contribution < 1.29 is 13.6 Å². The molecule has 0 saturated carbocycles. The van der Waals surface area contributed by atoms with Gasteiger partial charge in [-0.1, -0.05) is 13.8 Å². The number of nitrogens with zero attached hydrogens (tertiary/aromatic N) is 4. The number of aromatic nitrogens is 3. The van der Waals surface area contributed by atoms with E-state index in [-0.39, 0.29) is 12.1 Å². The summed E-state index contributed by atoms with van der Waals surface area (Å²) in [6.45, 7) is 4.59. The fourth-order valence-corrected chi connectivity index (χ4v) is 3.23. The lowest BCUT2D eigenvalue weighted by Gasteiger charge is -2.16. The Labute approximate surface area is 161 Å². The zero-order valence-corrected chi connectivity index (χ0v) is 15.7. The first-order chi connectivity index (χ1) is 13.4. The van der Waals surface area contributed by atoms with Gasteiger partial charge in [0.1, 0.15) is 12.0 Å². The van der Waals surface area contributed by atoms with Gasteiger partial charge in [0.05, 0.1) is 12.2 Å². The van der Waals surface area contributed by atoms with E-state index in [0.717, 1.165) is 5.56 Å². The van der Waals surface area contributed by atoms with Crippen LogP contribution in [0.1, 0.15) is 31.7 Å². The van der Waals surface area contributed by atoms with Crippen LogP contribution in [0.2, 0.25) is 0 Å². The van der Waals surface area contributed by atoms with Gasteiger partial charge in [-0.3, -0.25) is 4.40 Å². The maximum absolute atomic E-state index is 14.4. The molecule has 1 fully saturated rings. The Kier molecular flexibility index (Phi) is 4.70. The largest absolute Gasteiger partial charge is 0.322 e. The third kappa shape index (κ3) is 3.54. The Morgan fingerprint density at radius 3 is 2.86 bits per heavy atom. The van der Waals surface area contributed by atoms with Crippen molar-refractivity contribution in [2.24, 2.45) is 0 Å². The molecule has 146 valence electrons. The summed E-state index contributed by atoms with van der Waals surface area (Å²) in [6, 6.07) is 3.89. The Morgan fingerprint density at radius 1 is 1.32 bits per heavy atom. The zero-order chi connectivity index (χ0) is 19.8. The average molecular weight is 385 g/mol. The first-order valence-corrected chi connectivity index (χ1v) is 9.25. The van der Waals surface area contributed by atoms with Gasteiger partial charge < -0.3 is 10.2 Å². The first kappa shape index (κ1) is 18.3. The molecule has 3 aromatic rings.